The molecule has 12 heavy (non-hydrogen) atoms. The highest BCUT2D eigenvalue weighted by molar-refractivity contribution is 5.75. The Morgan fingerprint density at radius 2 is 2.08 bits per heavy atom. The quantitative estimate of drug-likeness (QED) is 0.649. The van der Waals surface area contributed by atoms with Gasteiger partial charge in [-0.25, -0.2) is 0 Å². The zero-order valence-corrected chi connectivity index (χ0v) is 8.34. The third kappa shape index (κ3) is 4.34. The van der Waals surface area contributed by atoms with E-state index in [4.69, 9.17) is 5.73 Å². The number of rotatable bonds is 6. The van der Waals surface area contributed by atoms with Crippen molar-refractivity contribution in [3.8, 4) is 0 Å². The molecule has 1 unspecified atom stereocenters. The Kier molecular flexibility index (Phi) is 5.72. The fraction of sp³-hybridized carbons (Fsp3) is 0.889. The SMILES string of the molecule is CCCC(CC)N(C)CC(N)=O. The summed E-state index contributed by atoms with van der Waals surface area (Å²) in [6.07, 6.45) is 3.37. The zero-order valence-electron chi connectivity index (χ0n) is 8.34. The van der Waals surface area contributed by atoms with Crippen LogP contribution in [0.3, 0.4) is 0 Å². The molecule has 0 aliphatic heterocycles. The first-order chi connectivity index (χ1) is 5.61. The number of primary amides is 1. The third-order valence-electron chi connectivity index (χ3n) is 2.12. The predicted octanol–water partition coefficient (Wildman–Crippen LogP) is 0.982. The number of likely N-dealkylation sites (N-methyl/N-ethyl adjacent to an activating group) is 1. The summed E-state index contributed by atoms with van der Waals surface area (Å²) in [5.74, 6) is -0.243. The molecule has 0 spiro atoms. The van der Waals surface area contributed by atoms with Gasteiger partial charge in [-0.1, -0.05) is 20.3 Å². The maximum atomic E-state index is 10.6. The Morgan fingerprint density at radius 3 is 2.42 bits per heavy atom. The van der Waals surface area contributed by atoms with Crippen LogP contribution in [0.5, 0.6) is 0 Å². The van der Waals surface area contributed by atoms with Crippen molar-refractivity contribution >= 4 is 5.91 Å². The molecule has 0 saturated carbocycles. The molecule has 0 aromatic carbocycles. The second-order valence-electron chi connectivity index (χ2n) is 3.23. The Labute approximate surface area is 74.9 Å². The number of carbonyl (C=O) groups is 1. The van der Waals surface area contributed by atoms with Crippen LogP contribution in [0, 0.1) is 0 Å². The van der Waals surface area contributed by atoms with Crippen molar-refractivity contribution in [2.45, 2.75) is 39.2 Å². The first-order valence-electron chi connectivity index (χ1n) is 4.60. The molecule has 0 radical (unpaired) electrons. The normalized spacial score (nSPS) is 13.3. The number of nitrogens with zero attached hydrogens (tertiary/aromatic N) is 1. The van der Waals surface area contributed by atoms with Crippen LogP contribution in [0.15, 0.2) is 0 Å². The van der Waals surface area contributed by atoms with Crippen LogP contribution in [-0.2, 0) is 4.79 Å². The molecule has 0 aliphatic carbocycles. The Bertz CT molecular complexity index is 136. The van der Waals surface area contributed by atoms with Crippen molar-refractivity contribution < 1.29 is 4.79 Å². The molecular formula is C9H20N2O. The summed E-state index contributed by atoms with van der Waals surface area (Å²) < 4.78 is 0. The summed E-state index contributed by atoms with van der Waals surface area (Å²) in [5.41, 5.74) is 5.10. The molecule has 0 bridgehead atoms. The van der Waals surface area contributed by atoms with Crippen LogP contribution in [0.1, 0.15) is 33.1 Å². The van der Waals surface area contributed by atoms with Crippen LogP contribution in [0.2, 0.25) is 0 Å². The average molecular weight is 172 g/mol. The van der Waals surface area contributed by atoms with Gasteiger partial charge in [0, 0.05) is 6.04 Å². The maximum absolute atomic E-state index is 10.6. The molecule has 2 N–H and O–H groups in total. The highest BCUT2D eigenvalue weighted by Gasteiger charge is 2.12. The molecule has 72 valence electrons. The van der Waals surface area contributed by atoms with E-state index >= 15 is 0 Å². The largest absolute Gasteiger partial charge is 0.369 e. The molecule has 0 aliphatic rings. The lowest BCUT2D eigenvalue weighted by atomic mass is 10.1. The molecule has 0 heterocycles. The highest BCUT2D eigenvalue weighted by atomic mass is 16.1. The second kappa shape index (κ2) is 6.00. The van der Waals surface area contributed by atoms with Gasteiger partial charge < -0.3 is 5.73 Å². The van der Waals surface area contributed by atoms with E-state index < -0.39 is 0 Å². The average Bonchev–Trinajstić information content (AvgIpc) is 1.98. The fourth-order valence-corrected chi connectivity index (χ4v) is 1.44. The molecule has 0 fully saturated rings. The molecule has 3 heteroatoms. The first-order valence-corrected chi connectivity index (χ1v) is 4.60. The van der Waals surface area contributed by atoms with Gasteiger partial charge in [0.05, 0.1) is 6.54 Å². The molecule has 0 rings (SSSR count). The van der Waals surface area contributed by atoms with Gasteiger partial charge in [-0.15, -0.1) is 0 Å². The number of carbonyl (C=O) groups excluding carboxylic acids is 1. The van der Waals surface area contributed by atoms with Crippen LogP contribution in [0.25, 0.3) is 0 Å². The predicted molar refractivity (Wildman–Crippen MR) is 50.8 cm³/mol. The van der Waals surface area contributed by atoms with Gasteiger partial charge in [-0.3, -0.25) is 9.69 Å². The summed E-state index contributed by atoms with van der Waals surface area (Å²) in [7, 11) is 1.95. The van der Waals surface area contributed by atoms with Crippen molar-refractivity contribution in [1.29, 1.82) is 0 Å². The molecule has 0 aromatic heterocycles. The van der Waals surface area contributed by atoms with E-state index in [1.165, 1.54) is 0 Å². The summed E-state index contributed by atoms with van der Waals surface area (Å²) in [5, 5.41) is 0. The van der Waals surface area contributed by atoms with Gasteiger partial charge in [0.2, 0.25) is 5.91 Å². The van der Waals surface area contributed by atoms with Crippen molar-refractivity contribution in [3.63, 3.8) is 0 Å². The molecule has 3 nitrogen and oxygen atoms in total. The summed E-state index contributed by atoms with van der Waals surface area (Å²) in [6.45, 7) is 4.66. The van der Waals surface area contributed by atoms with Crippen molar-refractivity contribution in [2.75, 3.05) is 13.6 Å². The van der Waals surface area contributed by atoms with Crippen LogP contribution < -0.4 is 5.73 Å². The zero-order chi connectivity index (χ0) is 9.56. The van der Waals surface area contributed by atoms with E-state index in [1.54, 1.807) is 0 Å². The van der Waals surface area contributed by atoms with Gasteiger partial charge in [0.15, 0.2) is 0 Å². The van der Waals surface area contributed by atoms with Gasteiger partial charge >= 0.3 is 0 Å². The minimum atomic E-state index is -0.243. The number of nitrogens with two attached hydrogens (primary N) is 1. The Balaban J connectivity index is 3.84. The van der Waals surface area contributed by atoms with Crippen molar-refractivity contribution in [3.05, 3.63) is 0 Å². The first kappa shape index (κ1) is 11.4. The van der Waals surface area contributed by atoms with Gasteiger partial charge in [-0.05, 0) is 19.9 Å². The number of amides is 1. The van der Waals surface area contributed by atoms with E-state index in [0.29, 0.717) is 12.6 Å². The van der Waals surface area contributed by atoms with E-state index in [0.717, 1.165) is 19.3 Å². The minimum absolute atomic E-state index is 0.243. The monoisotopic (exact) mass is 172 g/mol. The molecule has 1 atom stereocenters. The lowest BCUT2D eigenvalue weighted by Gasteiger charge is -2.25. The summed E-state index contributed by atoms with van der Waals surface area (Å²) in [6, 6.07) is 0.502. The highest BCUT2D eigenvalue weighted by Crippen LogP contribution is 2.07. The number of hydrogen-bond acceptors (Lipinski definition) is 2. The Hall–Kier alpha value is -0.570. The van der Waals surface area contributed by atoms with E-state index in [2.05, 4.69) is 13.8 Å². The number of hydrogen-bond donors (Lipinski definition) is 1. The van der Waals surface area contributed by atoms with E-state index in [1.807, 2.05) is 11.9 Å². The van der Waals surface area contributed by atoms with Crippen molar-refractivity contribution in [1.82, 2.24) is 4.90 Å². The maximum Gasteiger partial charge on any atom is 0.231 e. The van der Waals surface area contributed by atoms with Gasteiger partial charge in [-0.2, -0.15) is 0 Å². The molecule has 0 aromatic rings. The molecule has 0 saturated heterocycles. The van der Waals surface area contributed by atoms with Gasteiger partial charge in [0.25, 0.3) is 0 Å². The topological polar surface area (TPSA) is 46.3 Å². The van der Waals surface area contributed by atoms with Crippen LogP contribution in [0.4, 0.5) is 0 Å². The fourth-order valence-electron chi connectivity index (χ4n) is 1.44. The smallest absolute Gasteiger partial charge is 0.231 e. The van der Waals surface area contributed by atoms with Crippen molar-refractivity contribution in [2.24, 2.45) is 5.73 Å². The lowest BCUT2D eigenvalue weighted by molar-refractivity contribution is -0.119. The van der Waals surface area contributed by atoms with Crippen LogP contribution in [-0.4, -0.2) is 30.4 Å². The Morgan fingerprint density at radius 1 is 1.50 bits per heavy atom. The lowest BCUT2D eigenvalue weighted by Crippen LogP contribution is -2.38. The summed E-state index contributed by atoms with van der Waals surface area (Å²) in [4.78, 5) is 12.6. The second-order valence-corrected chi connectivity index (χ2v) is 3.23. The molecular weight excluding hydrogens is 152 g/mol. The van der Waals surface area contributed by atoms with Crippen LogP contribution >= 0.6 is 0 Å². The minimum Gasteiger partial charge on any atom is -0.369 e. The third-order valence-corrected chi connectivity index (χ3v) is 2.12. The van der Waals surface area contributed by atoms with Gasteiger partial charge in [0.1, 0.15) is 0 Å². The van der Waals surface area contributed by atoms with E-state index in [9.17, 15) is 4.79 Å². The standard InChI is InChI=1S/C9H20N2O/c1-4-6-8(5-2)11(3)7-9(10)12/h8H,4-7H2,1-3H3,(H2,10,12). The summed E-state index contributed by atoms with van der Waals surface area (Å²) >= 11 is 0. The molecule has 1 amide bonds. The van der Waals surface area contributed by atoms with E-state index in [-0.39, 0.29) is 5.91 Å².